The third-order valence-electron chi connectivity index (χ3n) is 4.67. The molecule has 1 aromatic carbocycles. The smallest absolute Gasteiger partial charge is 0.278 e. The van der Waals surface area contributed by atoms with Crippen LogP contribution in [0.4, 0.5) is 17.2 Å². The molecule has 4 rings (SSSR count). The quantitative estimate of drug-likeness (QED) is 0.569. The van der Waals surface area contributed by atoms with E-state index in [-0.39, 0.29) is 17.6 Å². The lowest BCUT2D eigenvalue weighted by molar-refractivity contribution is 0.102. The number of carbonyl (C=O) groups excluding carboxylic acids is 1. The lowest BCUT2D eigenvalue weighted by Gasteiger charge is -2.27. The lowest BCUT2D eigenvalue weighted by Crippen LogP contribution is -2.38. The van der Waals surface area contributed by atoms with E-state index in [4.69, 9.17) is 16.2 Å². The van der Waals surface area contributed by atoms with Gasteiger partial charge in [-0.25, -0.2) is 9.97 Å². The lowest BCUT2D eigenvalue weighted by atomic mass is 10.1. The molecule has 1 atom stereocenters. The summed E-state index contributed by atoms with van der Waals surface area (Å²) >= 11 is 0. The van der Waals surface area contributed by atoms with Crippen LogP contribution in [0.15, 0.2) is 48.9 Å². The van der Waals surface area contributed by atoms with Crippen molar-refractivity contribution in [1.29, 1.82) is 0 Å². The average Bonchev–Trinajstić information content (AvgIpc) is 2.74. The predicted octanol–water partition coefficient (Wildman–Crippen LogP) is 1.53. The van der Waals surface area contributed by atoms with Crippen LogP contribution in [-0.4, -0.2) is 47.1 Å². The molecule has 0 aliphatic carbocycles. The van der Waals surface area contributed by atoms with Crippen molar-refractivity contribution in [1.82, 2.24) is 15.0 Å². The third-order valence-corrected chi connectivity index (χ3v) is 4.67. The molecule has 0 saturated carbocycles. The number of ether oxygens (including phenoxy) is 1. The number of para-hydroxylation sites is 1. The second-order valence-corrected chi connectivity index (χ2v) is 6.69. The maximum Gasteiger partial charge on any atom is 0.278 e. The molecule has 148 valence electrons. The fourth-order valence-corrected chi connectivity index (χ4v) is 3.22. The van der Waals surface area contributed by atoms with Gasteiger partial charge in [-0.05, 0) is 18.2 Å². The van der Waals surface area contributed by atoms with Crippen molar-refractivity contribution in [3.8, 4) is 17.0 Å². The molecule has 0 fully saturated rings. The summed E-state index contributed by atoms with van der Waals surface area (Å²) in [5, 5.41) is 2.84. The monoisotopic (exact) mass is 391 g/mol. The van der Waals surface area contributed by atoms with Gasteiger partial charge >= 0.3 is 0 Å². The van der Waals surface area contributed by atoms with Crippen molar-refractivity contribution >= 4 is 23.1 Å². The second-order valence-electron chi connectivity index (χ2n) is 6.69. The number of nitrogen functional groups attached to an aromatic ring is 1. The van der Waals surface area contributed by atoms with Gasteiger partial charge in [0, 0.05) is 25.4 Å². The van der Waals surface area contributed by atoms with Gasteiger partial charge in [0.1, 0.15) is 11.9 Å². The number of rotatable bonds is 1. The van der Waals surface area contributed by atoms with Crippen molar-refractivity contribution in [2.45, 2.75) is 6.10 Å². The van der Waals surface area contributed by atoms with E-state index in [9.17, 15) is 4.79 Å². The predicted molar refractivity (Wildman–Crippen MR) is 111 cm³/mol. The van der Waals surface area contributed by atoms with Crippen LogP contribution in [0.25, 0.3) is 11.3 Å². The van der Waals surface area contributed by atoms with E-state index in [0.29, 0.717) is 35.8 Å². The summed E-state index contributed by atoms with van der Waals surface area (Å²) in [5.74, 6) is 0.182. The molecular formula is C20H21N7O2. The third kappa shape index (κ3) is 3.67. The van der Waals surface area contributed by atoms with Crippen molar-refractivity contribution in [2.75, 3.05) is 36.1 Å². The standard InChI is InChI=1S/C20H21N7O2/c1-27-11-12(8-21)29-17-5-3-2-4-13(17)14-10-24-19(22)18(25-14)20(28)26-15-9-23-7-6-16(15)27/h2-7,9-10,12H,8,11,21H2,1H3,(H2,22,24)(H,26,28)/t12-/m0/s1. The van der Waals surface area contributed by atoms with Crippen molar-refractivity contribution < 1.29 is 9.53 Å². The van der Waals surface area contributed by atoms with Gasteiger partial charge in [-0.2, -0.15) is 0 Å². The molecule has 0 radical (unpaired) electrons. The van der Waals surface area contributed by atoms with Crippen LogP contribution in [0, 0.1) is 0 Å². The fraction of sp³-hybridized carbons (Fsp3) is 0.200. The Morgan fingerprint density at radius 2 is 2.10 bits per heavy atom. The van der Waals surface area contributed by atoms with Crippen LogP contribution >= 0.6 is 0 Å². The molecule has 2 aromatic heterocycles. The van der Waals surface area contributed by atoms with Gasteiger partial charge < -0.3 is 26.4 Å². The Bertz CT molecular complexity index is 1060. The maximum absolute atomic E-state index is 12.9. The summed E-state index contributed by atoms with van der Waals surface area (Å²) < 4.78 is 6.21. The Morgan fingerprint density at radius 1 is 1.28 bits per heavy atom. The highest BCUT2D eigenvalue weighted by Crippen LogP contribution is 2.31. The highest BCUT2D eigenvalue weighted by molar-refractivity contribution is 6.07. The molecule has 9 heteroatoms. The minimum atomic E-state index is -0.465. The summed E-state index contributed by atoms with van der Waals surface area (Å²) in [4.78, 5) is 27.6. The first-order valence-corrected chi connectivity index (χ1v) is 9.12. The summed E-state index contributed by atoms with van der Waals surface area (Å²) in [6.45, 7) is 0.813. The number of nitrogens with one attached hydrogen (secondary N) is 1. The number of hydrogen-bond donors (Lipinski definition) is 3. The molecule has 3 heterocycles. The Kier molecular flexibility index (Phi) is 4.96. The van der Waals surface area contributed by atoms with Gasteiger partial charge in [0.25, 0.3) is 5.91 Å². The van der Waals surface area contributed by atoms with Crippen molar-refractivity contribution in [3.63, 3.8) is 0 Å². The largest absolute Gasteiger partial charge is 0.487 e. The SMILES string of the molecule is CN1C[C@H](CN)Oc2ccccc2-c2cnc(N)c(n2)C(=O)Nc2cnccc21. The minimum Gasteiger partial charge on any atom is -0.487 e. The molecule has 5 N–H and O–H groups in total. The van der Waals surface area contributed by atoms with E-state index in [1.54, 1.807) is 12.4 Å². The molecule has 3 aromatic rings. The first-order chi connectivity index (χ1) is 14.1. The van der Waals surface area contributed by atoms with Gasteiger partial charge in [-0.15, -0.1) is 0 Å². The Morgan fingerprint density at radius 3 is 2.93 bits per heavy atom. The molecule has 9 nitrogen and oxygen atoms in total. The van der Waals surface area contributed by atoms with Crippen LogP contribution in [-0.2, 0) is 0 Å². The number of aromatic nitrogens is 3. The number of fused-ring (bicyclic) bond motifs is 5. The molecule has 1 aliphatic rings. The zero-order chi connectivity index (χ0) is 20.4. The number of nitrogens with two attached hydrogens (primary N) is 2. The molecule has 0 unspecified atom stereocenters. The van der Waals surface area contributed by atoms with E-state index in [1.165, 1.54) is 6.20 Å². The number of pyridine rings is 1. The summed E-state index contributed by atoms with van der Waals surface area (Å²) in [5.41, 5.74) is 14.4. The van der Waals surface area contributed by atoms with Crippen molar-refractivity contribution in [3.05, 3.63) is 54.6 Å². The number of likely N-dealkylation sites (N-methyl/N-ethyl adjacent to an activating group) is 1. The van der Waals surface area contributed by atoms with E-state index in [1.807, 2.05) is 42.3 Å². The average molecular weight is 391 g/mol. The molecule has 1 aliphatic heterocycles. The maximum atomic E-state index is 12.9. The fourth-order valence-electron chi connectivity index (χ4n) is 3.22. The van der Waals surface area contributed by atoms with Gasteiger partial charge in [-0.3, -0.25) is 9.78 Å². The van der Waals surface area contributed by atoms with E-state index in [0.717, 1.165) is 5.69 Å². The summed E-state index contributed by atoms with van der Waals surface area (Å²) in [7, 11) is 1.90. The van der Waals surface area contributed by atoms with Crippen LogP contribution in [0.1, 0.15) is 10.5 Å². The Balaban J connectivity index is 1.89. The van der Waals surface area contributed by atoms with Crippen LogP contribution in [0.2, 0.25) is 0 Å². The topological polar surface area (TPSA) is 132 Å². The van der Waals surface area contributed by atoms with E-state index < -0.39 is 5.91 Å². The number of hydrogen-bond acceptors (Lipinski definition) is 8. The zero-order valence-corrected chi connectivity index (χ0v) is 15.9. The highest BCUT2D eigenvalue weighted by Gasteiger charge is 2.22. The van der Waals surface area contributed by atoms with Crippen LogP contribution in [0.5, 0.6) is 5.75 Å². The normalized spacial score (nSPS) is 16.3. The number of benzene rings is 1. The first-order valence-electron chi connectivity index (χ1n) is 9.12. The van der Waals surface area contributed by atoms with Crippen molar-refractivity contribution in [2.24, 2.45) is 5.73 Å². The van der Waals surface area contributed by atoms with E-state index in [2.05, 4.69) is 20.3 Å². The summed E-state index contributed by atoms with van der Waals surface area (Å²) in [6.07, 6.45) is 4.46. The Hall–Kier alpha value is -3.72. The van der Waals surface area contributed by atoms with E-state index >= 15 is 0 Å². The van der Waals surface area contributed by atoms with Gasteiger partial charge in [-0.1, -0.05) is 12.1 Å². The molecule has 2 bridgehead atoms. The second kappa shape index (κ2) is 7.72. The van der Waals surface area contributed by atoms with Gasteiger partial charge in [0.15, 0.2) is 11.5 Å². The number of nitrogens with zero attached hydrogens (tertiary/aromatic N) is 4. The molecule has 29 heavy (non-hydrogen) atoms. The first kappa shape index (κ1) is 18.6. The number of amides is 1. The summed E-state index contributed by atoms with van der Waals surface area (Å²) in [6, 6.07) is 9.24. The molecular weight excluding hydrogens is 370 g/mol. The van der Waals surface area contributed by atoms with Gasteiger partial charge in [0.2, 0.25) is 0 Å². The zero-order valence-electron chi connectivity index (χ0n) is 15.9. The Labute approximate surface area is 167 Å². The van der Waals surface area contributed by atoms with Crippen LogP contribution in [0.3, 0.4) is 0 Å². The number of anilines is 3. The highest BCUT2D eigenvalue weighted by atomic mass is 16.5. The molecule has 1 amide bonds. The van der Waals surface area contributed by atoms with Crippen LogP contribution < -0.4 is 26.4 Å². The van der Waals surface area contributed by atoms with Gasteiger partial charge in [0.05, 0.1) is 36.0 Å². The molecule has 0 spiro atoms. The number of carbonyl (C=O) groups is 1. The minimum absolute atomic E-state index is 0.0318. The molecule has 0 saturated heterocycles.